The molecule has 74 valence electrons. The van der Waals surface area contributed by atoms with E-state index in [0.29, 0.717) is 11.4 Å². The van der Waals surface area contributed by atoms with Crippen LogP contribution in [0.2, 0.25) is 0 Å². The molecule has 0 unspecified atom stereocenters. The quantitative estimate of drug-likeness (QED) is 0.724. The van der Waals surface area contributed by atoms with E-state index in [-0.39, 0.29) is 0 Å². The van der Waals surface area contributed by atoms with Crippen molar-refractivity contribution in [2.75, 3.05) is 5.73 Å². The zero-order valence-electron chi connectivity index (χ0n) is 8.14. The van der Waals surface area contributed by atoms with Gasteiger partial charge in [0.2, 0.25) is 0 Å². The van der Waals surface area contributed by atoms with Gasteiger partial charge in [-0.25, -0.2) is 0 Å². The van der Waals surface area contributed by atoms with E-state index in [0.717, 1.165) is 11.1 Å². The molecule has 3 nitrogen and oxygen atoms in total. The second-order valence-electron chi connectivity index (χ2n) is 3.20. The molecule has 3 heteroatoms. The van der Waals surface area contributed by atoms with Crippen molar-refractivity contribution < 1.29 is 0 Å². The summed E-state index contributed by atoms with van der Waals surface area (Å²) in [6, 6.07) is 11.3. The summed E-state index contributed by atoms with van der Waals surface area (Å²) >= 11 is 0. The summed E-state index contributed by atoms with van der Waals surface area (Å²) in [6.07, 6.45) is 3.20. The average molecular weight is 197 g/mol. The molecule has 0 spiro atoms. The van der Waals surface area contributed by atoms with Gasteiger partial charge in [-0.2, -0.15) is 0 Å². The fourth-order valence-electron chi connectivity index (χ4n) is 1.39. The minimum atomic E-state index is 0.426. The first-order valence-electron chi connectivity index (χ1n) is 4.63. The van der Waals surface area contributed by atoms with Gasteiger partial charge in [-0.3, -0.25) is 10.4 Å². The molecule has 2 rings (SSSR count). The zero-order chi connectivity index (χ0) is 10.7. The number of hydrogen-bond donors (Lipinski definition) is 2. The van der Waals surface area contributed by atoms with Gasteiger partial charge < -0.3 is 5.73 Å². The van der Waals surface area contributed by atoms with Crippen LogP contribution in [0.15, 0.2) is 48.8 Å². The Morgan fingerprint density at radius 2 is 1.87 bits per heavy atom. The Balaban J connectivity index is 2.42. The lowest BCUT2D eigenvalue weighted by Crippen LogP contribution is -2.05. The van der Waals surface area contributed by atoms with E-state index in [2.05, 4.69) is 4.98 Å². The molecule has 15 heavy (non-hydrogen) atoms. The minimum absolute atomic E-state index is 0.426. The molecule has 0 saturated heterocycles. The van der Waals surface area contributed by atoms with Gasteiger partial charge in [-0.05, 0) is 6.07 Å². The second kappa shape index (κ2) is 3.92. The SMILES string of the molecule is N=C(c1ccccc1)c1ccncc1N. The molecule has 1 aromatic carbocycles. The monoisotopic (exact) mass is 197 g/mol. The van der Waals surface area contributed by atoms with Crippen molar-refractivity contribution in [1.82, 2.24) is 4.98 Å². The number of anilines is 1. The molecule has 0 amide bonds. The molecule has 0 aliphatic heterocycles. The van der Waals surface area contributed by atoms with Gasteiger partial charge in [-0.15, -0.1) is 0 Å². The van der Waals surface area contributed by atoms with Crippen LogP contribution in [0.5, 0.6) is 0 Å². The lowest BCUT2D eigenvalue weighted by atomic mass is 10.0. The molecule has 0 radical (unpaired) electrons. The lowest BCUT2D eigenvalue weighted by Gasteiger charge is -2.06. The van der Waals surface area contributed by atoms with Crippen molar-refractivity contribution in [3.05, 3.63) is 59.9 Å². The molecule has 0 saturated carbocycles. The maximum atomic E-state index is 8.00. The molecule has 1 aromatic heterocycles. The Hall–Kier alpha value is -2.16. The van der Waals surface area contributed by atoms with Crippen molar-refractivity contribution >= 4 is 11.4 Å². The lowest BCUT2D eigenvalue weighted by molar-refractivity contribution is 1.32. The molecular weight excluding hydrogens is 186 g/mol. The van der Waals surface area contributed by atoms with E-state index in [1.807, 2.05) is 30.3 Å². The van der Waals surface area contributed by atoms with Crippen LogP contribution in [-0.2, 0) is 0 Å². The number of nitrogens with one attached hydrogen (secondary N) is 1. The third kappa shape index (κ3) is 1.86. The van der Waals surface area contributed by atoms with Crippen molar-refractivity contribution in [3.63, 3.8) is 0 Å². The summed E-state index contributed by atoms with van der Waals surface area (Å²) in [5.41, 5.74) is 8.29. The Kier molecular flexibility index (Phi) is 2.46. The highest BCUT2D eigenvalue weighted by Gasteiger charge is 2.06. The Bertz CT molecular complexity index is 477. The van der Waals surface area contributed by atoms with E-state index < -0.39 is 0 Å². The van der Waals surface area contributed by atoms with Crippen LogP contribution >= 0.6 is 0 Å². The molecule has 0 aliphatic rings. The first-order valence-corrected chi connectivity index (χ1v) is 4.63. The first kappa shape index (κ1) is 9.40. The van der Waals surface area contributed by atoms with Crippen molar-refractivity contribution in [2.45, 2.75) is 0 Å². The first-order chi connectivity index (χ1) is 7.29. The van der Waals surface area contributed by atoms with Gasteiger partial charge in [0.25, 0.3) is 0 Å². The van der Waals surface area contributed by atoms with Crippen molar-refractivity contribution in [2.24, 2.45) is 0 Å². The fraction of sp³-hybridized carbons (Fsp3) is 0. The highest BCUT2D eigenvalue weighted by atomic mass is 14.7. The zero-order valence-corrected chi connectivity index (χ0v) is 8.14. The third-order valence-corrected chi connectivity index (χ3v) is 2.18. The number of nitrogens with zero attached hydrogens (tertiary/aromatic N) is 1. The van der Waals surface area contributed by atoms with Gasteiger partial charge in [0.05, 0.1) is 17.6 Å². The Morgan fingerprint density at radius 1 is 1.13 bits per heavy atom. The predicted octanol–water partition coefficient (Wildman–Crippen LogP) is 2.08. The van der Waals surface area contributed by atoms with Crippen LogP contribution in [0, 0.1) is 5.41 Å². The van der Waals surface area contributed by atoms with Crippen LogP contribution in [0.25, 0.3) is 0 Å². The molecule has 1 heterocycles. The van der Waals surface area contributed by atoms with Crippen molar-refractivity contribution in [3.8, 4) is 0 Å². The predicted molar refractivity (Wildman–Crippen MR) is 61.0 cm³/mol. The highest BCUT2D eigenvalue weighted by Crippen LogP contribution is 2.14. The largest absolute Gasteiger partial charge is 0.397 e. The molecular formula is C12H11N3. The maximum Gasteiger partial charge on any atom is 0.0706 e. The number of hydrogen-bond acceptors (Lipinski definition) is 3. The molecule has 0 bridgehead atoms. The van der Waals surface area contributed by atoms with Crippen LogP contribution in [-0.4, -0.2) is 10.7 Å². The molecule has 0 fully saturated rings. The number of pyridine rings is 1. The number of nitrogen functional groups attached to an aromatic ring is 1. The average Bonchev–Trinajstić information content (AvgIpc) is 2.30. The van der Waals surface area contributed by atoms with Crippen LogP contribution in [0.1, 0.15) is 11.1 Å². The molecule has 2 aromatic rings. The number of rotatable bonds is 2. The van der Waals surface area contributed by atoms with Crippen LogP contribution < -0.4 is 5.73 Å². The standard InChI is InChI=1S/C12H11N3/c13-11-8-15-7-6-10(11)12(14)9-4-2-1-3-5-9/h1-8,14H,13H2. The number of benzene rings is 1. The second-order valence-corrected chi connectivity index (χ2v) is 3.20. The number of aromatic nitrogens is 1. The van der Waals surface area contributed by atoms with E-state index in [1.165, 1.54) is 0 Å². The van der Waals surface area contributed by atoms with Gasteiger partial charge in [0, 0.05) is 17.3 Å². The smallest absolute Gasteiger partial charge is 0.0706 e. The van der Waals surface area contributed by atoms with E-state index in [1.54, 1.807) is 18.5 Å². The van der Waals surface area contributed by atoms with E-state index in [4.69, 9.17) is 11.1 Å². The minimum Gasteiger partial charge on any atom is -0.397 e. The summed E-state index contributed by atoms with van der Waals surface area (Å²) in [5.74, 6) is 0. The molecule has 0 atom stereocenters. The normalized spacial score (nSPS) is 9.87. The van der Waals surface area contributed by atoms with Gasteiger partial charge in [-0.1, -0.05) is 30.3 Å². The van der Waals surface area contributed by atoms with Gasteiger partial charge in [0.1, 0.15) is 0 Å². The highest BCUT2D eigenvalue weighted by molar-refractivity contribution is 6.13. The summed E-state index contributed by atoms with van der Waals surface area (Å²) in [6.45, 7) is 0. The number of nitrogens with two attached hydrogens (primary N) is 1. The van der Waals surface area contributed by atoms with Gasteiger partial charge in [0.15, 0.2) is 0 Å². The summed E-state index contributed by atoms with van der Waals surface area (Å²) in [4.78, 5) is 3.90. The summed E-state index contributed by atoms with van der Waals surface area (Å²) in [5, 5.41) is 8.00. The Labute approximate surface area is 88.1 Å². The Morgan fingerprint density at radius 3 is 2.53 bits per heavy atom. The maximum absolute atomic E-state index is 8.00. The van der Waals surface area contributed by atoms with Crippen LogP contribution in [0.3, 0.4) is 0 Å². The van der Waals surface area contributed by atoms with E-state index in [9.17, 15) is 0 Å². The third-order valence-electron chi connectivity index (χ3n) is 2.18. The van der Waals surface area contributed by atoms with Crippen molar-refractivity contribution in [1.29, 1.82) is 5.41 Å². The summed E-state index contributed by atoms with van der Waals surface area (Å²) < 4.78 is 0. The van der Waals surface area contributed by atoms with Gasteiger partial charge >= 0.3 is 0 Å². The molecule has 0 aliphatic carbocycles. The molecule has 3 N–H and O–H groups in total. The van der Waals surface area contributed by atoms with Crippen LogP contribution in [0.4, 0.5) is 5.69 Å². The topological polar surface area (TPSA) is 62.8 Å². The fourth-order valence-corrected chi connectivity index (χ4v) is 1.39. The van der Waals surface area contributed by atoms with E-state index >= 15 is 0 Å². The summed E-state index contributed by atoms with van der Waals surface area (Å²) in [7, 11) is 0.